The molecule has 0 aliphatic heterocycles. The Morgan fingerprint density at radius 3 is 2.56 bits per heavy atom. The highest BCUT2D eigenvalue weighted by atomic mass is 35.5. The van der Waals surface area contributed by atoms with Crippen LogP contribution in [0.4, 0.5) is 4.39 Å². The molecule has 1 rings (SSSR count). The molecular formula is C10H6Cl2FN3. The smallest absolute Gasteiger partial charge is 0.160 e. The average molecular weight is 258 g/mol. The van der Waals surface area contributed by atoms with Crippen molar-refractivity contribution in [3.8, 4) is 11.8 Å². The summed E-state index contributed by atoms with van der Waals surface area (Å²) in [6, 6.07) is 2.78. The second kappa shape index (κ2) is 6.24. The molecule has 0 saturated carbocycles. The summed E-state index contributed by atoms with van der Waals surface area (Å²) in [7, 11) is 0. The monoisotopic (exact) mass is 257 g/mol. The maximum atomic E-state index is 13.0. The lowest BCUT2D eigenvalue weighted by Gasteiger charge is -1.97. The maximum Gasteiger partial charge on any atom is 0.160 e. The molecule has 1 aromatic carbocycles. The minimum absolute atomic E-state index is 0.0631. The van der Waals surface area contributed by atoms with Gasteiger partial charge >= 0.3 is 0 Å². The third-order valence-corrected chi connectivity index (χ3v) is 2.17. The number of rotatable bonds is 2. The van der Waals surface area contributed by atoms with Crippen LogP contribution in [0, 0.1) is 17.7 Å². The zero-order valence-electron chi connectivity index (χ0n) is 8.04. The summed E-state index contributed by atoms with van der Waals surface area (Å²) < 4.78 is 13.0. The summed E-state index contributed by atoms with van der Waals surface area (Å²) in [5.74, 6) is 4.85. The third-order valence-electron chi connectivity index (χ3n) is 1.62. The van der Waals surface area contributed by atoms with Crippen LogP contribution in [0.15, 0.2) is 17.2 Å². The topological polar surface area (TPSA) is 48.8 Å². The van der Waals surface area contributed by atoms with Gasteiger partial charge in [0.05, 0.1) is 10.0 Å². The molecule has 3 nitrogen and oxygen atoms in total. The van der Waals surface area contributed by atoms with Crippen molar-refractivity contribution in [1.29, 1.82) is 0 Å². The molecular weight excluding hydrogens is 252 g/mol. The zero-order chi connectivity index (χ0) is 12.0. The van der Waals surface area contributed by atoms with Gasteiger partial charge in [-0.1, -0.05) is 40.2 Å². The van der Waals surface area contributed by atoms with Gasteiger partial charge in [0.2, 0.25) is 0 Å². The van der Waals surface area contributed by atoms with E-state index in [1.54, 1.807) is 0 Å². The summed E-state index contributed by atoms with van der Waals surface area (Å²) in [6.45, 7) is 0.298. The van der Waals surface area contributed by atoms with Gasteiger partial charge in [0.15, 0.2) is 5.82 Å². The molecule has 0 fully saturated rings. The second-order valence-corrected chi connectivity index (χ2v) is 3.57. The fourth-order valence-electron chi connectivity index (χ4n) is 0.943. The van der Waals surface area contributed by atoms with E-state index in [0.717, 1.165) is 0 Å². The van der Waals surface area contributed by atoms with Gasteiger partial charge in [-0.15, -0.1) is 0 Å². The highest BCUT2D eigenvalue weighted by Gasteiger charge is 2.05. The number of benzene rings is 1. The van der Waals surface area contributed by atoms with Crippen molar-refractivity contribution in [3.05, 3.63) is 44.0 Å². The van der Waals surface area contributed by atoms with Gasteiger partial charge in [-0.2, -0.15) is 0 Å². The summed E-state index contributed by atoms with van der Waals surface area (Å²) in [4.78, 5) is 2.59. The number of halogens is 3. The molecule has 0 aromatic heterocycles. The molecule has 0 amide bonds. The van der Waals surface area contributed by atoms with Crippen LogP contribution in [0.2, 0.25) is 10.0 Å². The van der Waals surface area contributed by atoms with Crippen LogP contribution in [0.25, 0.3) is 10.4 Å². The molecule has 0 aliphatic rings. The molecule has 0 spiro atoms. The molecule has 0 aliphatic carbocycles. The molecule has 82 valence electrons. The van der Waals surface area contributed by atoms with Gasteiger partial charge in [-0.05, 0) is 17.7 Å². The first-order chi connectivity index (χ1) is 7.65. The predicted molar refractivity (Wildman–Crippen MR) is 61.9 cm³/mol. The van der Waals surface area contributed by atoms with Gasteiger partial charge in [-0.25, -0.2) is 4.39 Å². The average Bonchev–Trinajstić information content (AvgIpc) is 2.25. The quantitative estimate of drug-likeness (QED) is 0.191. The minimum atomic E-state index is -0.650. The zero-order valence-corrected chi connectivity index (χ0v) is 9.56. The molecule has 0 saturated heterocycles. The second-order valence-electron chi connectivity index (χ2n) is 2.76. The number of azide groups is 1. The predicted octanol–water partition coefficient (Wildman–Crippen LogP) is 4.18. The van der Waals surface area contributed by atoms with Crippen molar-refractivity contribution < 1.29 is 4.39 Å². The highest BCUT2D eigenvalue weighted by Crippen LogP contribution is 2.24. The van der Waals surface area contributed by atoms with Crippen molar-refractivity contribution in [2.24, 2.45) is 5.11 Å². The van der Waals surface area contributed by atoms with Crippen LogP contribution >= 0.6 is 23.2 Å². The van der Waals surface area contributed by atoms with Crippen molar-refractivity contribution in [3.63, 3.8) is 0 Å². The van der Waals surface area contributed by atoms with E-state index in [1.165, 1.54) is 12.1 Å². The fraction of sp³-hybridized carbons (Fsp3) is 0.200. The first-order valence-corrected chi connectivity index (χ1v) is 5.05. The van der Waals surface area contributed by atoms with E-state index in [9.17, 15) is 4.39 Å². The van der Waals surface area contributed by atoms with E-state index in [2.05, 4.69) is 21.9 Å². The van der Waals surface area contributed by atoms with E-state index < -0.39 is 5.82 Å². The Morgan fingerprint density at radius 1 is 1.38 bits per heavy atom. The van der Waals surface area contributed by atoms with Crippen LogP contribution in [0.1, 0.15) is 12.0 Å². The normalized spacial score (nSPS) is 8.94. The van der Waals surface area contributed by atoms with Gasteiger partial charge in [0.1, 0.15) is 0 Å². The first-order valence-electron chi connectivity index (χ1n) is 4.29. The van der Waals surface area contributed by atoms with Gasteiger partial charge < -0.3 is 0 Å². The van der Waals surface area contributed by atoms with Crippen LogP contribution in [0.5, 0.6) is 0 Å². The maximum absolute atomic E-state index is 13.0. The molecule has 0 heterocycles. The first kappa shape index (κ1) is 12.7. The van der Waals surface area contributed by atoms with E-state index in [1.807, 2.05) is 0 Å². The summed E-state index contributed by atoms with van der Waals surface area (Å²) >= 11 is 11.2. The Balaban J connectivity index is 2.78. The molecule has 0 bridgehead atoms. The lowest BCUT2D eigenvalue weighted by Crippen LogP contribution is -1.83. The Kier molecular flexibility index (Phi) is 4.94. The van der Waals surface area contributed by atoms with Crippen LogP contribution in [0.3, 0.4) is 0 Å². The summed E-state index contributed by atoms with van der Waals surface area (Å²) in [5.41, 5.74) is 8.54. The third kappa shape index (κ3) is 3.63. The van der Waals surface area contributed by atoms with E-state index in [-0.39, 0.29) is 10.0 Å². The molecule has 0 radical (unpaired) electrons. The van der Waals surface area contributed by atoms with E-state index in [4.69, 9.17) is 28.7 Å². The minimum Gasteiger partial charge on any atom is -0.204 e. The molecule has 6 heteroatoms. The van der Waals surface area contributed by atoms with Gasteiger partial charge in [-0.3, -0.25) is 0 Å². The van der Waals surface area contributed by atoms with Gasteiger partial charge in [0, 0.05) is 23.4 Å². The molecule has 16 heavy (non-hydrogen) atoms. The molecule has 0 atom stereocenters. The van der Waals surface area contributed by atoms with Crippen molar-refractivity contribution in [2.75, 3.05) is 6.54 Å². The SMILES string of the molecule is [N-]=[N+]=NCCC#Cc1cc(Cl)c(F)c(Cl)c1. The lowest BCUT2D eigenvalue weighted by molar-refractivity contribution is 0.628. The van der Waals surface area contributed by atoms with Crippen molar-refractivity contribution in [1.82, 2.24) is 0 Å². The summed E-state index contributed by atoms with van der Waals surface area (Å²) in [6.07, 6.45) is 0.427. The Hall–Kier alpha value is -1.40. The van der Waals surface area contributed by atoms with Crippen LogP contribution in [-0.4, -0.2) is 6.54 Å². The van der Waals surface area contributed by atoms with Crippen molar-refractivity contribution >= 4 is 23.2 Å². The van der Waals surface area contributed by atoms with E-state index in [0.29, 0.717) is 18.5 Å². The Morgan fingerprint density at radius 2 is 2.00 bits per heavy atom. The van der Waals surface area contributed by atoms with Crippen LogP contribution < -0.4 is 0 Å². The standard InChI is InChI=1S/C10H6Cl2FN3/c11-8-5-7(6-9(12)10(8)13)3-1-2-4-15-16-14/h5-6H,2,4H2. The number of hydrogen-bond donors (Lipinski definition) is 0. The Labute approximate surface area is 102 Å². The fourth-order valence-corrected chi connectivity index (χ4v) is 1.43. The number of hydrogen-bond acceptors (Lipinski definition) is 1. The van der Waals surface area contributed by atoms with Crippen LogP contribution in [-0.2, 0) is 0 Å². The number of nitrogens with zero attached hydrogens (tertiary/aromatic N) is 3. The lowest BCUT2D eigenvalue weighted by atomic mass is 10.2. The van der Waals surface area contributed by atoms with Crippen molar-refractivity contribution in [2.45, 2.75) is 6.42 Å². The Bertz CT molecular complexity index is 476. The van der Waals surface area contributed by atoms with Gasteiger partial charge in [0.25, 0.3) is 0 Å². The largest absolute Gasteiger partial charge is 0.204 e. The highest BCUT2D eigenvalue weighted by molar-refractivity contribution is 6.35. The molecule has 1 aromatic rings. The summed E-state index contributed by atoms with van der Waals surface area (Å²) in [5, 5.41) is 3.19. The molecule has 0 N–H and O–H groups in total. The molecule has 0 unspecified atom stereocenters. The van der Waals surface area contributed by atoms with E-state index >= 15 is 0 Å².